The van der Waals surface area contributed by atoms with E-state index in [1.165, 1.54) is 30.8 Å². The van der Waals surface area contributed by atoms with Crippen molar-refractivity contribution in [3.8, 4) is 0 Å². The molecule has 0 unspecified atom stereocenters. The van der Waals surface area contributed by atoms with E-state index in [9.17, 15) is 0 Å². The molecule has 0 aliphatic carbocycles. The molecule has 0 spiro atoms. The minimum absolute atomic E-state index is 0.646. The van der Waals surface area contributed by atoms with Crippen LogP contribution in [0.4, 0.5) is 0 Å². The van der Waals surface area contributed by atoms with Crippen LogP contribution in [-0.4, -0.2) is 31.1 Å². The molecule has 90 valence electrons. The van der Waals surface area contributed by atoms with Gasteiger partial charge in [-0.3, -0.25) is 4.90 Å². The smallest absolute Gasteiger partial charge is 0.0440 e. The molecule has 1 N–H and O–H groups in total. The third kappa shape index (κ3) is 2.65. The number of hydrogen-bond acceptors (Lipinski definition) is 3. The summed E-state index contributed by atoms with van der Waals surface area (Å²) in [6, 6.07) is 5.28. The van der Waals surface area contributed by atoms with Crippen molar-refractivity contribution in [2.45, 2.75) is 32.7 Å². The molecule has 1 aromatic rings. The van der Waals surface area contributed by atoms with E-state index < -0.39 is 0 Å². The number of aryl methyl sites for hydroxylation is 1. The Morgan fingerprint density at radius 1 is 1.31 bits per heavy atom. The summed E-state index contributed by atoms with van der Waals surface area (Å²) in [6.07, 6.45) is 2.40. The summed E-state index contributed by atoms with van der Waals surface area (Å²) in [7, 11) is 0. The highest BCUT2D eigenvalue weighted by atomic mass is 32.1. The lowest BCUT2D eigenvalue weighted by Gasteiger charge is -2.33. The molecule has 2 nitrogen and oxygen atoms in total. The Balaban J connectivity index is 2.08. The zero-order valence-electron chi connectivity index (χ0n) is 10.3. The van der Waals surface area contributed by atoms with Crippen molar-refractivity contribution in [3.63, 3.8) is 0 Å². The van der Waals surface area contributed by atoms with Gasteiger partial charge in [0.25, 0.3) is 0 Å². The van der Waals surface area contributed by atoms with Gasteiger partial charge in [0.05, 0.1) is 0 Å². The summed E-state index contributed by atoms with van der Waals surface area (Å²) in [4.78, 5) is 5.70. The Bertz CT molecular complexity index is 315. The van der Waals surface area contributed by atoms with Crippen molar-refractivity contribution >= 4 is 11.3 Å². The van der Waals surface area contributed by atoms with Crippen LogP contribution in [-0.2, 0) is 6.42 Å². The predicted molar refractivity (Wildman–Crippen MR) is 71.2 cm³/mol. The van der Waals surface area contributed by atoms with Crippen molar-refractivity contribution in [1.29, 1.82) is 0 Å². The Labute approximate surface area is 103 Å². The van der Waals surface area contributed by atoms with Gasteiger partial charge in [0.1, 0.15) is 0 Å². The zero-order valence-corrected chi connectivity index (χ0v) is 11.1. The minimum atomic E-state index is 0.646. The molecule has 0 radical (unpaired) electrons. The lowest BCUT2D eigenvalue weighted by molar-refractivity contribution is 0.172. The average molecular weight is 238 g/mol. The highest BCUT2D eigenvalue weighted by Gasteiger charge is 2.21. The lowest BCUT2D eigenvalue weighted by Crippen LogP contribution is -2.44. The van der Waals surface area contributed by atoms with Crippen LogP contribution in [0.2, 0.25) is 0 Å². The second-order valence-electron chi connectivity index (χ2n) is 4.37. The molecule has 3 heteroatoms. The molecule has 1 aliphatic rings. The maximum absolute atomic E-state index is 3.42. The van der Waals surface area contributed by atoms with Crippen LogP contribution in [0.15, 0.2) is 12.1 Å². The van der Waals surface area contributed by atoms with Gasteiger partial charge in [-0.05, 0) is 25.0 Å². The Hall–Kier alpha value is -0.380. The van der Waals surface area contributed by atoms with Crippen LogP contribution in [0, 0.1) is 0 Å². The minimum Gasteiger partial charge on any atom is -0.314 e. The fraction of sp³-hybridized carbons (Fsp3) is 0.692. The summed E-state index contributed by atoms with van der Waals surface area (Å²) >= 11 is 2.00. The topological polar surface area (TPSA) is 15.3 Å². The van der Waals surface area contributed by atoms with Gasteiger partial charge >= 0.3 is 0 Å². The van der Waals surface area contributed by atoms with E-state index in [-0.39, 0.29) is 0 Å². The Morgan fingerprint density at radius 2 is 2.06 bits per heavy atom. The molecule has 1 aliphatic heterocycles. The maximum Gasteiger partial charge on any atom is 0.0440 e. The van der Waals surface area contributed by atoms with Crippen molar-refractivity contribution in [3.05, 3.63) is 21.9 Å². The molecule has 0 amide bonds. The van der Waals surface area contributed by atoms with Crippen LogP contribution >= 0.6 is 11.3 Å². The molecule has 1 saturated heterocycles. The lowest BCUT2D eigenvalue weighted by atomic mass is 10.1. The van der Waals surface area contributed by atoms with Crippen LogP contribution in [0.5, 0.6) is 0 Å². The first kappa shape index (κ1) is 12.1. The second kappa shape index (κ2) is 5.80. The third-order valence-electron chi connectivity index (χ3n) is 3.34. The molecule has 2 rings (SSSR count). The van der Waals surface area contributed by atoms with Crippen LogP contribution in [0.3, 0.4) is 0 Å². The first-order valence-corrected chi connectivity index (χ1v) is 7.20. The second-order valence-corrected chi connectivity index (χ2v) is 5.57. The van der Waals surface area contributed by atoms with Crippen molar-refractivity contribution in [2.24, 2.45) is 0 Å². The van der Waals surface area contributed by atoms with E-state index >= 15 is 0 Å². The van der Waals surface area contributed by atoms with Gasteiger partial charge in [-0.1, -0.05) is 13.8 Å². The summed E-state index contributed by atoms with van der Waals surface area (Å²) < 4.78 is 0. The van der Waals surface area contributed by atoms with Gasteiger partial charge in [-0.2, -0.15) is 0 Å². The number of nitrogens with zero attached hydrogens (tertiary/aromatic N) is 1. The van der Waals surface area contributed by atoms with Gasteiger partial charge in [0.2, 0.25) is 0 Å². The Morgan fingerprint density at radius 3 is 2.62 bits per heavy atom. The highest BCUT2D eigenvalue weighted by Crippen LogP contribution is 2.30. The number of rotatable bonds is 4. The van der Waals surface area contributed by atoms with Gasteiger partial charge < -0.3 is 5.32 Å². The monoisotopic (exact) mass is 238 g/mol. The van der Waals surface area contributed by atoms with Crippen LogP contribution in [0.1, 0.15) is 36.1 Å². The third-order valence-corrected chi connectivity index (χ3v) is 4.67. The van der Waals surface area contributed by atoms with E-state index in [1.54, 1.807) is 4.88 Å². The van der Waals surface area contributed by atoms with Crippen LogP contribution < -0.4 is 5.32 Å². The normalized spacial score (nSPS) is 19.9. The van der Waals surface area contributed by atoms with E-state index in [2.05, 4.69) is 36.2 Å². The molecule has 16 heavy (non-hydrogen) atoms. The van der Waals surface area contributed by atoms with Gasteiger partial charge in [-0.25, -0.2) is 0 Å². The Kier molecular flexibility index (Phi) is 4.38. The summed E-state index contributed by atoms with van der Waals surface area (Å²) in [6.45, 7) is 9.21. The summed E-state index contributed by atoms with van der Waals surface area (Å²) in [5.74, 6) is 0. The van der Waals surface area contributed by atoms with Gasteiger partial charge in [-0.15, -0.1) is 11.3 Å². The van der Waals surface area contributed by atoms with Crippen molar-refractivity contribution in [2.75, 3.05) is 26.2 Å². The molecule has 0 saturated carbocycles. The number of thiophene rings is 1. The average Bonchev–Trinajstić information content (AvgIpc) is 2.80. The van der Waals surface area contributed by atoms with Crippen molar-refractivity contribution in [1.82, 2.24) is 10.2 Å². The molecule has 1 fully saturated rings. The SMILES string of the molecule is CCc1ccc([C@H](CC)N2CCNCC2)s1. The number of nitrogens with one attached hydrogen (secondary N) is 1. The number of piperazine rings is 1. The molecule has 1 aromatic heterocycles. The molecular weight excluding hydrogens is 216 g/mol. The molecule has 2 heterocycles. The van der Waals surface area contributed by atoms with E-state index in [1.807, 2.05) is 11.3 Å². The molecule has 0 aromatic carbocycles. The zero-order chi connectivity index (χ0) is 11.4. The predicted octanol–water partition coefficient (Wildman–Crippen LogP) is 2.67. The van der Waals surface area contributed by atoms with E-state index in [4.69, 9.17) is 0 Å². The van der Waals surface area contributed by atoms with Gasteiger partial charge in [0.15, 0.2) is 0 Å². The fourth-order valence-corrected chi connectivity index (χ4v) is 3.57. The van der Waals surface area contributed by atoms with Crippen LogP contribution in [0.25, 0.3) is 0 Å². The largest absolute Gasteiger partial charge is 0.314 e. The van der Waals surface area contributed by atoms with E-state index in [0.717, 1.165) is 13.1 Å². The number of hydrogen-bond donors (Lipinski definition) is 1. The van der Waals surface area contributed by atoms with E-state index in [0.29, 0.717) is 6.04 Å². The summed E-state index contributed by atoms with van der Waals surface area (Å²) in [5.41, 5.74) is 0. The molecular formula is C13H22N2S. The highest BCUT2D eigenvalue weighted by molar-refractivity contribution is 7.12. The van der Waals surface area contributed by atoms with Crippen molar-refractivity contribution < 1.29 is 0 Å². The summed E-state index contributed by atoms with van der Waals surface area (Å²) in [5, 5.41) is 3.42. The standard InChI is InChI=1S/C13H22N2S/c1-3-11-5-6-13(16-11)12(4-2)15-9-7-14-8-10-15/h5-6,12,14H,3-4,7-10H2,1-2H3/t12-/m0/s1. The quantitative estimate of drug-likeness (QED) is 0.867. The first-order chi connectivity index (χ1) is 7.85. The van der Waals surface area contributed by atoms with Gasteiger partial charge in [0, 0.05) is 42.0 Å². The fourth-order valence-electron chi connectivity index (χ4n) is 2.40. The molecule has 0 bridgehead atoms. The maximum atomic E-state index is 3.42. The molecule has 1 atom stereocenters. The first-order valence-electron chi connectivity index (χ1n) is 6.38.